The Hall–Kier alpha value is -1.36. The zero-order valence-corrected chi connectivity index (χ0v) is 7.82. The van der Waals surface area contributed by atoms with Crippen LogP contribution in [-0.2, 0) is 11.8 Å². The highest BCUT2D eigenvalue weighted by Crippen LogP contribution is 2.03. The van der Waals surface area contributed by atoms with E-state index in [1.54, 1.807) is 24.0 Å². The number of carbonyl (C=O) groups excluding carboxylic acids is 1. The van der Waals surface area contributed by atoms with E-state index >= 15 is 0 Å². The average molecular weight is 182 g/mol. The van der Waals surface area contributed by atoms with Gasteiger partial charge in [-0.05, 0) is 6.42 Å². The zero-order valence-electron chi connectivity index (χ0n) is 7.82. The average Bonchev–Trinajstić information content (AvgIpc) is 2.50. The maximum Gasteiger partial charge on any atom is 0.242 e. The third-order valence-corrected chi connectivity index (χ3v) is 1.85. The predicted octanol–water partition coefficient (Wildman–Crippen LogP) is 0.0959. The molecule has 1 aromatic rings. The van der Waals surface area contributed by atoms with Gasteiger partial charge in [-0.2, -0.15) is 5.10 Å². The molecule has 1 rings (SSSR count). The number of amides is 1. The van der Waals surface area contributed by atoms with E-state index < -0.39 is 6.04 Å². The minimum atomic E-state index is -0.449. The smallest absolute Gasteiger partial charge is 0.242 e. The van der Waals surface area contributed by atoms with E-state index in [0.717, 1.165) is 0 Å². The Labute approximate surface area is 76.9 Å². The lowest BCUT2D eigenvalue weighted by molar-refractivity contribution is -0.117. The van der Waals surface area contributed by atoms with Crippen molar-refractivity contribution < 1.29 is 4.79 Å². The maximum absolute atomic E-state index is 11.3. The first-order chi connectivity index (χ1) is 6.15. The van der Waals surface area contributed by atoms with Crippen molar-refractivity contribution in [3.8, 4) is 0 Å². The first-order valence-corrected chi connectivity index (χ1v) is 4.19. The fraction of sp³-hybridized carbons (Fsp3) is 0.500. The largest absolute Gasteiger partial charge is 0.320 e. The number of hydrogen-bond acceptors (Lipinski definition) is 3. The summed E-state index contributed by atoms with van der Waals surface area (Å²) in [7, 11) is 1.76. The minimum Gasteiger partial charge on any atom is -0.320 e. The molecule has 1 atom stereocenters. The number of rotatable bonds is 3. The lowest BCUT2D eigenvalue weighted by Gasteiger charge is -2.09. The minimum absolute atomic E-state index is 0.175. The molecule has 0 aromatic carbocycles. The monoisotopic (exact) mass is 182 g/mol. The molecular formula is C8H14N4O. The number of anilines is 1. The Morgan fingerprint density at radius 2 is 2.54 bits per heavy atom. The van der Waals surface area contributed by atoms with Crippen LogP contribution in [0.15, 0.2) is 12.3 Å². The molecule has 0 saturated carbocycles. The molecule has 0 fully saturated rings. The predicted molar refractivity (Wildman–Crippen MR) is 50.1 cm³/mol. The summed E-state index contributed by atoms with van der Waals surface area (Å²) in [5, 5.41) is 6.59. The highest BCUT2D eigenvalue weighted by molar-refractivity contribution is 5.93. The molecule has 72 valence electrons. The van der Waals surface area contributed by atoms with Crippen LogP contribution >= 0.6 is 0 Å². The SMILES string of the molecule is CCC(N)C(=O)Nc1ccnn1C. The first-order valence-electron chi connectivity index (χ1n) is 4.19. The highest BCUT2D eigenvalue weighted by atomic mass is 16.2. The molecule has 13 heavy (non-hydrogen) atoms. The maximum atomic E-state index is 11.3. The van der Waals surface area contributed by atoms with Crippen molar-refractivity contribution in [2.45, 2.75) is 19.4 Å². The van der Waals surface area contributed by atoms with Gasteiger partial charge in [0.2, 0.25) is 5.91 Å². The van der Waals surface area contributed by atoms with E-state index in [1.807, 2.05) is 6.92 Å². The summed E-state index contributed by atoms with van der Waals surface area (Å²) < 4.78 is 1.58. The van der Waals surface area contributed by atoms with Crippen LogP contribution < -0.4 is 11.1 Å². The number of aromatic nitrogens is 2. The Morgan fingerprint density at radius 3 is 3.00 bits per heavy atom. The molecule has 3 N–H and O–H groups in total. The Morgan fingerprint density at radius 1 is 1.85 bits per heavy atom. The molecular weight excluding hydrogens is 168 g/mol. The van der Waals surface area contributed by atoms with Crippen LogP contribution in [0.3, 0.4) is 0 Å². The third kappa shape index (κ3) is 2.29. The zero-order chi connectivity index (χ0) is 9.84. The molecule has 1 unspecified atom stereocenters. The summed E-state index contributed by atoms with van der Waals surface area (Å²) in [6.07, 6.45) is 2.25. The molecule has 5 heteroatoms. The van der Waals surface area contributed by atoms with E-state index in [-0.39, 0.29) is 5.91 Å². The Kier molecular flexibility index (Phi) is 3.02. The fourth-order valence-electron chi connectivity index (χ4n) is 0.901. The van der Waals surface area contributed by atoms with Crippen molar-refractivity contribution in [2.24, 2.45) is 12.8 Å². The lowest BCUT2D eigenvalue weighted by atomic mass is 10.2. The summed E-state index contributed by atoms with van der Waals surface area (Å²) in [5.41, 5.74) is 5.54. The summed E-state index contributed by atoms with van der Waals surface area (Å²) in [6.45, 7) is 1.87. The van der Waals surface area contributed by atoms with Crippen LogP contribution in [-0.4, -0.2) is 21.7 Å². The number of nitrogens with zero attached hydrogens (tertiary/aromatic N) is 2. The van der Waals surface area contributed by atoms with Crippen molar-refractivity contribution >= 4 is 11.7 Å². The van der Waals surface area contributed by atoms with Gasteiger partial charge in [0.1, 0.15) is 5.82 Å². The van der Waals surface area contributed by atoms with Gasteiger partial charge in [0.15, 0.2) is 0 Å². The van der Waals surface area contributed by atoms with Crippen LogP contribution in [0.4, 0.5) is 5.82 Å². The van der Waals surface area contributed by atoms with E-state index in [4.69, 9.17) is 5.73 Å². The normalized spacial score (nSPS) is 12.5. The molecule has 1 heterocycles. The van der Waals surface area contributed by atoms with Crippen molar-refractivity contribution in [3.05, 3.63) is 12.3 Å². The second-order valence-electron chi connectivity index (χ2n) is 2.84. The van der Waals surface area contributed by atoms with Gasteiger partial charge < -0.3 is 11.1 Å². The summed E-state index contributed by atoms with van der Waals surface area (Å²) in [4.78, 5) is 11.3. The summed E-state index contributed by atoms with van der Waals surface area (Å²) >= 11 is 0. The van der Waals surface area contributed by atoms with Crippen molar-refractivity contribution in [2.75, 3.05) is 5.32 Å². The topological polar surface area (TPSA) is 72.9 Å². The van der Waals surface area contributed by atoms with Gasteiger partial charge in [0, 0.05) is 13.1 Å². The Balaban J connectivity index is 2.60. The molecule has 0 radical (unpaired) electrons. The number of nitrogens with one attached hydrogen (secondary N) is 1. The van der Waals surface area contributed by atoms with Gasteiger partial charge in [0.05, 0.1) is 12.2 Å². The Bertz CT molecular complexity index is 294. The van der Waals surface area contributed by atoms with Gasteiger partial charge in [-0.15, -0.1) is 0 Å². The van der Waals surface area contributed by atoms with Crippen LogP contribution in [0.2, 0.25) is 0 Å². The lowest BCUT2D eigenvalue weighted by Crippen LogP contribution is -2.35. The molecule has 5 nitrogen and oxygen atoms in total. The van der Waals surface area contributed by atoms with Gasteiger partial charge >= 0.3 is 0 Å². The number of carbonyl (C=O) groups is 1. The molecule has 0 aliphatic carbocycles. The molecule has 0 aliphatic heterocycles. The fourth-order valence-corrected chi connectivity index (χ4v) is 0.901. The van der Waals surface area contributed by atoms with Crippen molar-refractivity contribution in [1.29, 1.82) is 0 Å². The quantitative estimate of drug-likeness (QED) is 0.696. The molecule has 0 aliphatic rings. The summed E-state index contributed by atoms with van der Waals surface area (Å²) in [6, 6.07) is 1.27. The third-order valence-electron chi connectivity index (χ3n) is 1.85. The van der Waals surface area contributed by atoms with Crippen LogP contribution in [0.1, 0.15) is 13.3 Å². The highest BCUT2D eigenvalue weighted by Gasteiger charge is 2.11. The number of aryl methyl sites for hydroxylation is 1. The van der Waals surface area contributed by atoms with Crippen LogP contribution in [0.25, 0.3) is 0 Å². The van der Waals surface area contributed by atoms with Crippen LogP contribution in [0, 0.1) is 0 Å². The van der Waals surface area contributed by atoms with E-state index in [2.05, 4.69) is 10.4 Å². The standard InChI is InChI=1S/C8H14N4O/c1-3-6(9)8(13)11-7-4-5-10-12(7)2/h4-6H,3,9H2,1-2H3,(H,11,13). The second kappa shape index (κ2) is 4.04. The summed E-state index contributed by atoms with van der Waals surface area (Å²) in [5.74, 6) is 0.486. The van der Waals surface area contributed by atoms with Crippen molar-refractivity contribution in [3.63, 3.8) is 0 Å². The van der Waals surface area contributed by atoms with Gasteiger partial charge in [-0.25, -0.2) is 0 Å². The second-order valence-corrected chi connectivity index (χ2v) is 2.84. The van der Waals surface area contributed by atoms with Gasteiger partial charge in [-0.3, -0.25) is 9.48 Å². The van der Waals surface area contributed by atoms with E-state index in [1.165, 1.54) is 0 Å². The number of hydrogen-bond donors (Lipinski definition) is 2. The molecule has 1 aromatic heterocycles. The number of nitrogens with two attached hydrogens (primary N) is 1. The molecule has 1 amide bonds. The van der Waals surface area contributed by atoms with Crippen LogP contribution in [0.5, 0.6) is 0 Å². The van der Waals surface area contributed by atoms with Gasteiger partial charge in [0.25, 0.3) is 0 Å². The van der Waals surface area contributed by atoms with E-state index in [9.17, 15) is 4.79 Å². The molecule has 0 spiro atoms. The first kappa shape index (κ1) is 9.73. The molecule has 0 bridgehead atoms. The van der Waals surface area contributed by atoms with Gasteiger partial charge in [-0.1, -0.05) is 6.92 Å². The van der Waals surface area contributed by atoms with Crippen molar-refractivity contribution in [1.82, 2.24) is 9.78 Å². The van der Waals surface area contributed by atoms with E-state index in [0.29, 0.717) is 12.2 Å². The molecule has 0 saturated heterocycles.